The molecule has 1 saturated heterocycles. The number of aromatic hydroxyl groups is 1. The van der Waals surface area contributed by atoms with E-state index < -0.39 is 23.6 Å². The van der Waals surface area contributed by atoms with Gasteiger partial charge < -0.3 is 10.2 Å². The van der Waals surface area contributed by atoms with Crippen LogP contribution in [0.25, 0.3) is 0 Å². The molecule has 0 unspecified atom stereocenters. The second-order valence-corrected chi connectivity index (χ2v) is 9.11. The largest absolute Gasteiger partial charge is 0.508 e. The van der Waals surface area contributed by atoms with Gasteiger partial charge in [0, 0.05) is 43.0 Å². The summed E-state index contributed by atoms with van der Waals surface area (Å²) in [6.07, 6.45) is 0. The van der Waals surface area contributed by atoms with Crippen LogP contribution in [0.5, 0.6) is 5.75 Å². The van der Waals surface area contributed by atoms with Gasteiger partial charge in [-0.05, 0) is 47.9 Å². The van der Waals surface area contributed by atoms with Crippen LogP contribution in [-0.2, 0) is 0 Å². The maximum Gasteiger partial charge on any atom is 0.167 e. The number of Topliss-reactive ketones (excluding diaryl/α,β-unsaturated/α-hetero) is 1. The van der Waals surface area contributed by atoms with Crippen LogP contribution in [0.3, 0.4) is 0 Å². The quantitative estimate of drug-likeness (QED) is 0.465. The predicted molar refractivity (Wildman–Crippen MR) is 127 cm³/mol. The molecule has 3 aromatic carbocycles. The predicted octanol–water partition coefficient (Wildman–Crippen LogP) is 5.31. The van der Waals surface area contributed by atoms with E-state index in [1.165, 1.54) is 24.3 Å². The second-order valence-electron chi connectivity index (χ2n) is 8.73. The van der Waals surface area contributed by atoms with Gasteiger partial charge in [-0.2, -0.15) is 0 Å². The Morgan fingerprint density at radius 1 is 1.03 bits per heavy atom. The number of phenolic OH excluding ortho intramolecular Hbond substituents is 1. The fourth-order valence-electron chi connectivity index (χ4n) is 5.10. The Morgan fingerprint density at radius 2 is 1.71 bits per heavy atom. The number of carbonyl (C=O) groups is 1. The maximum absolute atomic E-state index is 14.7. The van der Waals surface area contributed by atoms with Gasteiger partial charge in [-0.3, -0.25) is 9.69 Å². The fraction of sp³-hybridized carbons (Fsp3) is 0.296. The zero-order valence-electron chi connectivity index (χ0n) is 18.7. The van der Waals surface area contributed by atoms with Crippen LogP contribution in [0, 0.1) is 24.5 Å². The number of benzene rings is 3. The summed E-state index contributed by atoms with van der Waals surface area (Å²) in [6.45, 7) is 2.61. The summed E-state index contributed by atoms with van der Waals surface area (Å²) in [4.78, 5) is 15.8. The molecule has 0 saturated carbocycles. The number of carbonyl (C=O) groups excluding carboxylic acids is 1. The molecule has 0 amide bonds. The minimum Gasteiger partial charge on any atom is -0.508 e. The molecule has 7 heteroatoms. The molecule has 1 aliphatic rings. The van der Waals surface area contributed by atoms with Crippen LogP contribution in [-0.4, -0.2) is 47.1 Å². The highest BCUT2D eigenvalue weighted by Crippen LogP contribution is 2.47. The van der Waals surface area contributed by atoms with E-state index in [1.54, 1.807) is 43.3 Å². The molecule has 4 nitrogen and oxygen atoms in total. The lowest BCUT2D eigenvalue weighted by Crippen LogP contribution is -2.48. The van der Waals surface area contributed by atoms with Crippen LogP contribution in [0.2, 0.25) is 5.02 Å². The molecule has 1 heterocycles. The first-order valence-electron chi connectivity index (χ1n) is 11.2. The van der Waals surface area contributed by atoms with Crippen LogP contribution < -0.4 is 0 Å². The van der Waals surface area contributed by atoms with E-state index in [0.717, 1.165) is 0 Å². The van der Waals surface area contributed by atoms with E-state index in [1.807, 2.05) is 4.90 Å². The summed E-state index contributed by atoms with van der Waals surface area (Å²) in [5, 5.41) is 19.5. The van der Waals surface area contributed by atoms with Crippen molar-refractivity contribution in [2.75, 3.05) is 26.2 Å². The molecule has 34 heavy (non-hydrogen) atoms. The number of halogens is 3. The summed E-state index contributed by atoms with van der Waals surface area (Å²) in [7, 11) is 0. The molecule has 1 aliphatic heterocycles. The third-order valence-electron chi connectivity index (χ3n) is 6.71. The van der Waals surface area contributed by atoms with Gasteiger partial charge in [-0.25, -0.2) is 8.78 Å². The van der Waals surface area contributed by atoms with E-state index in [9.17, 15) is 23.8 Å². The van der Waals surface area contributed by atoms with Gasteiger partial charge >= 0.3 is 0 Å². The number of aliphatic hydroxyl groups is 1. The first kappa shape index (κ1) is 24.3. The number of phenols is 1. The van der Waals surface area contributed by atoms with Crippen LogP contribution in [0.4, 0.5) is 8.78 Å². The number of piperidine rings is 1. The molecular weight excluding hydrogens is 460 g/mol. The molecule has 0 aromatic heterocycles. The highest BCUT2D eigenvalue weighted by atomic mass is 35.5. The van der Waals surface area contributed by atoms with Gasteiger partial charge in [0.1, 0.15) is 17.4 Å². The molecule has 2 N–H and O–H groups in total. The topological polar surface area (TPSA) is 60.8 Å². The van der Waals surface area contributed by atoms with E-state index in [0.29, 0.717) is 41.9 Å². The van der Waals surface area contributed by atoms with E-state index >= 15 is 0 Å². The third-order valence-corrected chi connectivity index (χ3v) is 7.11. The average molecular weight is 486 g/mol. The minimum absolute atomic E-state index is 0.0269. The highest BCUT2D eigenvalue weighted by molar-refractivity contribution is 6.31. The van der Waals surface area contributed by atoms with Crippen molar-refractivity contribution in [3.63, 3.8) is 0 Å². The lowest BCUT2D eigenvalue weighted by molar-refractivity contribution is 0.0699. The van der Waals surface area contributed by atoms with Crippen molar-refractivity contribution in [1.82, 2.24) is 4.90 Å². The van der Waals surface area contributed by atoms with Crippen LogP contribution in [0.15, 0.2) is 60.7 Å². The maximum atomic E-state index is 14.7. The van der Waals surface area contributed by atoms with Gasteiger partial charge in [0.25, 0.3) is 0 Å². The molecule has 0 radical (unpaired) electrons. The lowest BCUT2D eigenvalue weighted by atomic mass is 9.67. The molecule has 0 bridgehead atoms. The fourth-order valence-corrected chi connectivity index (χ4v) is 5.37. The van der Waals surface area contributed by atoms with Gasteiger partial charge in [0.05, 0.1) is 11.6 Å². The van der Waals surface area contributed by atoms with Crippen LogP contribution >= 0.6 is 11.6 Å². The Bertz CT molecular complexity index is 1200. The average Bonchev–Trinajstić information content (AvgIpc) is 2.82. The molecule has 4 rings (SSSR count). The molecular formula is C27H26ClF2NO3. The molecule has 3 atom stereocenters. The number of ketones is 1. The van der Waals surface area contributed by atoms with Crippen molar-refractivity contribution in [2.45, 2.75) is 18.8 Å². The van der Waals surface area contributed by atoms with Crippen molar-refractivity contribution in [1.29, 1.82) is 0 Å². The minimum atomic E-state index is -0.646. The smallest absolute Gasteiger partial charge is 0.167 e. The van der Waals surface area contributed by atoms with Gasteiger partial charge in [-0.15, -0.1) is 0 Å². The number of hydrogen-bond donors (Lipinski definition) is 2. The van der Waals surface area contributed by atoms with E-state index in [2.05, 4.69) is 0 Å². The Kier molecular flexibility index (Phi) is 7.31. The number of aliphatic hydroxyl groups excluding tert-OH is 1. The third kappa shape index (κ3) is 4.71. The number of β-amino-alcohol motifs (C(OH)–C–C–N with tert-alkyl or cyclic N) is 1. The molecule has 0 aliphatic carbocycles. The van der Waals surface area contributed by atoms with Crippen molar-refractivity contribution in [3.8, 4) is 5.75 Å². The van der Waals surface area contributed by atoms with Crippen LogP contribution in [0.1, 0.15) is 38.9 Å². The number of likely N-dealkylation sites (tertiary alicyclic amines) is 1. The summed E-state index contributed by atoms with van der Waals surface area (Å²) in [5.41, 5.74) is 1.95. The monoisotopic (exact) mass is 485 g/mol. The zero-order chi connectivity index (χ0) is 24.4. The Morgan fingerprint density at radius 3 is 2.41 bits per heavy atom. The van der Waals surface area contributed by atoms with Crippen molar-refractivity contribution in [3.05, 3.63) is 99.6 Å². The van der Waals surface area contributed by atoms with Gasteiger partial charge in [-0.1, -0.05) is 48.0 Å². The number of hydrogen-bond acceptors (Lipinski definition) is 4. The van der Waals surface area contributed by atoms with Gasteiger partial charge in [0.15, 0.2) is 5.78 Å². The SMILES string of the molecule is Cc1c(F)cccc1[C@H]1[C@@H](C(=O)c2cccc(O)c2)CN(CCO)C[C@@H]1c1cccc(F)c1Cl. The number of nitrogens with zero attached hydrogens (tertiary/aromatic N) is 1. The summed E-state index contributed by atoms with van der Waals surface area (Å²) in [5.74, 6) is -2.78. The lowest BCUT2D eigenvalue weighted by Gasteiger charge is -2.44. The summed E-state index contributed by atoms with van der Waals surface area (Å²) in [6, 6.07) is 15.5. The molecule has 1 fully saturated rings. The van der Waals surface area contributed by atoms with Crippen molar-refractivity contribution < 1.29 is 23.8 Å². The van der Waals surface area contributed by atoms with Crippen molar-refractivity contribution >= 4 is 17.4 Å². The Hall–Kier alpha value is -2.80. The first-order valence-corrected chi connectivity index (χ1v) is 11.5. The Balaban J connectivity index is 1.91. The zero-order valence-corrected chi connectivity index (χ0v) is 19.5. The van der Waals surface area contributed by atoms with E-state index in [4.69, 9.17) is 11.6 Å². The summed E-state index contributed by atoms with van der Waals surface area (Å²) < 4.78 is 29.1. The molecule has 178 valence electrons. The van der Waals surface area contributed by atoms with Gasteiger partial charge in [0.2, 0.25) is 0 Å². The molecule has 3 aromatic rings. The molecule has 0 spiro atoms. The highest BCUT2D eigenvalue weighted by Gasteiger charge is 2.43. The number of rotatable bonds is 6. The van der Waals surface area contributed by atoms with E-state index in [-0.39, 0.29) is 29.0 Å². The first-order chi connectivity index (χ1) is 16.3. The van der Waals surface area contributed by atoms with Crippen molar-refractivity contribution in [2.24, 2.45) is 5.92 Å². The standard InChI is InChI=1S/C27H26ClF2NO3/c1-16-19(7-3-9-23(16)29)25-21(20-8-4-10-24(30)26(20)28)14-31(11-12-32)15-22(25)27(34)17-5-2-6-18(33)13-17/h2-10,13,21-22,25,32-33H,11-12,14-15H2,1H3/t21-,22+,25-/m1/s1. The second kappa shape index (κ2) is 10.2. The Labute approximate surface area is 202 Å². The normalized spacial score (nSPS) is 20.9. The summed E-state index contributed by atoms with van der Waals surface area (Å²) >= 11 is 6.41.